The lowest BCUT2D eigenvalue weighted by Gasteiger charge is -2.22. The minimum absolute atomic E-state index is 0.0876. The number of rotatable bonds is 6. The molecule has 0 spiro atoms. The molecule has 0 unspecified atom stereocenters. The van der Waals surface area contributed by atoms with Crippen molar-refractivity contribution in [1.29, 1.82) is 0 Å². The molecule has 3 rings (SSSR count). The highest BCUT2D eigenvalue weighted by Crippen LogP contribution is 2.32. The maximum Gasteiger partial charge on any atom is 0.278 e. The minimum Gasteiger partial charge on any atom is -0.497 e. The molecule has 8 heteroatoms. The van der Waals surface area contributed by atoms with Gasteiger partial charge < -0.3 is 9.64 Å². The second-order valence-electron chi connectivity index (χ2n) is 6.39. The topological polar surface area (TPSA) is 63.5 Å². The Hall–Kier alpha value is -2.45. The Morgan fingerprint density at radius 3 is 2.69 bits per heavy atom. The molecule has 1 amide bonds. The van der Waals surface area contributed by atoms with E-state index in [4.69, 9.17) is 4.74 Å². The van der Waals surface area contributed by atoms with E-state index < -0.39 is 0 Å². The SMILES string of the molecule is COc1ccc2nc(N(CCN(C)C)C(=O)c3c(C)cnn3C)sc2c1. The molecule has 2 heterocycles. The van der Waals surface area contributed by atoms with E-state index in [1.54, 1.807) is 29.9 Å². The van der Waals surface area contributed by atoms with Crippen molar-refractivity contribution >= 4 is 32.6 Å². The summed E-state index contributed by atoms with van der Waals surface area (Å²) in [5, 5.41) is 4.88. The van der Waals surface area contributed by atoms with Crippen LogP contribution in [0.1, 0.15) is 16.1 Å². The van der Waals surface area contributed by atoms with Crippen LogP contribution in [-0.4, -0.2) is 59.9 Å². The Balaban J connectivity index is 2.02. The molecule has 138 valence electrons. The first-order chi connectivity index (χ1) is 12.4. The quantitative estimate of drug-likeness (QED) is 0.664. The Labute approximate surface area is 156 Å². The van der Waals surface area contributed by atoms with Gasteiger partial charge in [0.05, 0.1) is 23.5 Å². The average Bonchev–Trinajstić information content (AvgIpc) is 3.16. The van der Waals surface area contributed by atoms with Gasteiger partial charge >= 0.3 is 0 Å². The molecule has 26 heavy (non-hydrogen) atoms. The zero-order valence-electron chi connectivity index (χ0n) is 15.7. The maximum absolute atomic E-state index is 13.2. The van der Waals surface area contributed by atoms with Gasteiger partial charge in [0.2, 0.25) is 0 Å². The summed E-state index contributed by atoms with van der Waals surface area (Å²) in [5.74, 6) is 0.691. The van der Waals surface area contributed by atoms with E-state index >= 15 is 0 Å². The highest BCUT2D eigenvalue weighted by molar-refractivity contribution is 7.22. The van der Waals surface area contributed by atoms with Crippen molar-refractivity contribution in [2.75, 3.05) is 39.2 Å². The van der Waals surface area contributed by atoms with Crippen LogP contribution >= 0.6 is 11.3 Å². The first-order valence-electron chi connectivity index (χ1n) is 8.30. The summed E-state index contributed by atoms with van der Waals surface area (Å²) in [4.78, 5) is 21.7. The van der Waals surface area contributed by atoms with Crippen LogP contribution in [0.2, 0.25) is 0 Å². The average molecular weight is 373 g/mol. The number of hydrogen-bond donors (Lipinski definition) is 0. The molecule has 0 saturated carbocycles. The summed E-state index contributed by atoms with van der Waals surface area (Å²) in [6.45, 7) is 3.18. The number of carbonyl (C=O) groups excluding carboxylic acids is 1. The van der Waals surface area contributed by atoms with Crippen molar-refractivity contribution in [3.63, 3.8) is 0 Å². The molecule has 7 nitrogen and oxygen atoms in total. The minimum atomic E-state index is -0.0876. The van der Waals surface area contributed by atoms with Gasteiger partial charge in [0, 0.05) is 20.1 Å². The lowest BCUT2D eigenvalue weighted by molar-refractivity contribution is 0.0975. The third kappa shape index (κ3) is 3.56. The van der Waals surface area contributed by atoms with Crippen LogP contribution in [0.25, 0.3) is 10.2 Å². The predicted octanol–water partition coefficient (Wildman–Crippen LogP) is 2.56. The predicted molar refractivity (Wildman–Crippen MR) is 104 cm³/mol. The van der Waals surface area contributed by atoms with Crippen LogP contribution in [0, 0.1) is 6.92 Å². The van der Waals surface area contributed by atoms with E-state index in [0.717, 1.165) is 28.1 Å². The second kappa shape index (κ2) is 7.43. The molecule has 0 radical (unpaired) electrons. The van der Waals surface area contributed by atoms with Gasteiger partial charge in [-0.15, -0.1) is 0 Å². The molecule has 0 N–H and O–H groups in total. The number of carbonyl (C=O) groups is 1. The Morgan fingerprint density at radius 1 is 1.31 bits per heavy atom. The smallest absolute Gasteiger partial charge is 0.278 e. The molecule has 0 atom stereocenters. The van der Waals surface area contributed by atoms with Gasteiger partial charge in [-0.2, -0.15) is 5.10 Å². The van der Waals surface area contributed by atoms with Crippen molar-refractivity contribution < 1.29 is 9.53 Å². The maximum atomic E-state index is 13.2. The van der Waals surface area contributed by atoms with Gasteiger partial charge in [-0.05, 0) is 44.8 Å². The molecule has 0 aliphatic carbocycles. The Kier molecular flexibility index (Phi) is 5.24. The molecule has 0 bridgehead atoms. The fourth-order valence-electron chi connectivity index (χ4n) is 2.70. The van der Waals surface area contributed by atoms with E-state index in [1.807, 2.05) is 44.1 Å². The van der Waals surface area contributed by atoms with Gasteiger partial charge in [-0.25, -0.2) is 4.98 Å². The zero-order chi connectivity index (χ0) is 18.8. The fourth-order valence-corrected chi connectivity index (χ4v) is 3.72. The molecular weight excluding hydrogens is 350 g/mol. The number of hydrogen-bond acceptors (Lipinski definition) is 6. The highest BCUT2D eigenvalue weighted by Gasteiger charge is 2.25. The van der Waals surface area contributed by atoms with Gasteiger partial charge in [-0.3, -0.25) is 14.4 Å². The van der Waals surface area contributed by atoms with Crippen LogP contribution in [0.15, 0.2) is 24.4 Å². The van der Waals surface area contributed by atoms with Crippen molar-refractivity contribution in [3.05, 3.63) is 35.7 Å². The molecule has 0 aliphatic rings. The van der Waals surface area contributed by atoms with E-state index in [1.165, 1.54) is 11.3 Å². The molecule has 1 aromatic carbocycles. The number of thiazole rings is 1. The number of aromatic nitrogens is 3. The lowest BCUT2D eigenvalue weighted by atomic mass is 10.2. The van der Waals surface area contributed by atoms with E-state index in [0.29, 0.717) is 17.4 Å². The van der Waals surface area contributed by atoms with Crippen molar-refractivity contribution in [2.24, 2.45) is 7.05 Å². The first-order valence-corrected chi connectivity index (χ1v) is 9.12. The summed E-state index contributed by atoms with van der Waals surface area (Å²) >= 11 is 1.49. The van der Waals surface area contributed by atoms with Crippen molar-refractivity contribution in [3.8, 4) is 5.75 Å². The van der Waals surface area contributed by atoms with Crippen molar-refractivity contribution in [1.82, 2.24) is 19.7 Å². The van der Waals surface area contributed by atoms with Crippen LogP contribution in [0.3, 0.4) is 0 Å². The third-order valence-corrected chi connectivity index (χ3v) is 5.20. The van der Waals surface area contributed by atoms with Crippen LogP contribution in [0.5, 0.6) is 5.75 Å². The van der Waals surface area contributed by atoms with Crippen molar-refractivity contribution in [2.45, 2.75) is 6.92 Å². The largest absolute Gasteiger partial charge is 0.497 e. The molecular formula is C18H23N5O2S. The number of nitrogens with zero attached hydrogens (tertiary/aromatic N) is 5. The summed E-state index contributed by atoms with van der Waals surface area (Å²) < 4.78 is 7.90. The molecule has 0 fully saturated rings. The van der Waals surface area contributed by atoms with E-state index in [-0.39, 0.29) is 5.91 Å². The molecule has 0 saturated heterocycles. The van der Waals surface area contributed by atoms with Gasteiger partial charge in [0.15, 0.2) is 5.13 Å². The molecule has 0 aliphatic heterocycles. The Bertz CT molecular complexity index is 911. The second-order valence-corrected chi connectivity index (χ2v) is 7.40. The normalized spacial score (nSPS) is 11.3. The summed E-state index contributed by atoms with van der Waals surface area (Å²) in [6, 6.07) is 5.74. The third-order valence-electron chi connectivity index (χ3n) is 4.16. The lowest BCUT2D eigenvalue weighted by Crippen LogP contribution is -2.38. The van der Waals surface area contributed by atoms with E-state index in [9.17, 15) is 4.79 Å². The number of ether oxygens (including phenoxy) is 1. The number of likely N-dealkylation sites (N-methyl/N-ethyl adjacent to an activating group) is 1. The summed E-state index contributed by atoms with van der Waals surface area (Å²) in [5.41, 5.74) is 2.30. The summed E-state index contributed by atoms with van der Waals surface area (Å²) in [6.07, 6.45) is 1.71. The van der Waals surface area contributed by atoms with Gasteiger partial charge in [-0.1, -0.05) is 11.3 Å². The monoisotopic (exact) mass is 373 g/mol. The number of benzene rings is 1. The van der Waals surface area contributed by atoms with Gasteiger partial charge in [0.25, 0.3) is 5.91 Å². The molecule has 2 aromatic heterocycles. The molecule has 3 aromatic rings. The number of fused-ring (bicyclic) bond motifs is 1. The Morgan fingerprint density at radius 2 is 2.08 bits per heavy atom. The van der Waals surface area contributed by atoms with Gasteiger partial charge in [0.1, 0.15) is 11.4 Å². The number of aryl methyl sites for hydroxylation is 2. The number of amides is 1. The summed E-state index contributed by atoms with van der Waals surface area (Å²) in [7, 11) is 7.40. The highest BCUT2D eigenvalue weighted by atomic mass is 32.1. The standard InChI is InChI=1S/C18H23N5O2S/c1-12-11-19-22(4)16(12)17(24)23(9-8-21(2)3)18-20-14-7-6-13(25-5)10-15(14)26-18/h6-7,10-11H,8-9H2,1-5H3. The van der Waals surface area contributed by atoms with Crippen LogP contribution in [-0.2, 0) is 7.05 Å². The fraction of sp³-hybridized carbons (Fsp3) is 0.389. The van der Waals surface area contributed by atoms with Crippen LogP contribution < -0.4 is 9.64 Å². The zero-order valence-corrected chi connectivity index (χ0v) is 16.5. The number of methoxy groups -OCH3 is 1. The van der Waals surface area contributed by atoms with Crippen LogP contribution in [0.4, 0.5) is 5.13 Å². The van der Waals surface area contributed by atoms with E-state index in [2.05, 4.69) is 10.1 Å². The first kappa shape index (κ1) is 18.3. The number of anilines is 1.